The van der Waals surface area contributed by atoms with Gasteiger partial charge in [0, 0.05) is 22.5 Å². The summed E-state index contributed by atoms with van der Waals surface area (Å²) in [5.74, 6) is 1.31. The molecule has 0 unspecified atom stereocenters. The molecular formula is C14H16BrN3O. The van der Waals surface area contributed by atoms with Gasteiger partial charge in [-0.2, -0.15) is 0 Å². The van der Waals surface area contributed by atoms with Crippen molar-refractivity contribution in [3.05, 3.63) is 34.6 Å². The molecule has 0 aliphatic heterocycles. The molecule has 0 radical (unpaired) electrons. The molecule has 1 fully saturated rings. The summed E-state index contributed by atoms with van der Waals surface area (Å²) in [6.45, 7) is 1.03. The van der Waals surface area contributed by atoms with Gasteiger partial charge in [0.25, 0.3) is 0 Å². The van der Waals surface area contributed by atoms with Gasteiger partial charge in [0.15, 0.2) is 0 Å². The highest BCUT2D eigenvalue weighted by molar-refractivity contribution is 9.10. The Hall–Kier alpha value is -1.20. The smallest absolute Gasteiger partial charge is 0.247 e. The van der Waals surface area contributed by atoms with Gasteiger partial charge in [0.05, 0.1) is 0 Å². The molecule has 4 nitrogen and oxygen atoms in total. The fraction of sp³-hybridized carbons (Fsp3) is 0.429. The normalized spacial score (nSPS) is 14.8. The molecule has 1 aliphatic rings. The van der Waals surface area contributed by atoms with E-state index in [4.69, 9.17) is 4.42 Å². The van der Waals surface area contributed by atoms with Gasteiger partial charge in [-0.25, -0.2) is 0 Å². The SMILES string of the molecule is Brc1ccc(-c2nnc(CCCNC3CC3)o2)cc1. The number of nitrogens with one attached hydrogen (secondary N) is 1. The minimum atomic E-state index is 0.595. The zero-order valence-electron chi connectivity index (χ0n) is 10.6. The van der Waals surface area contributed by atoms with E-state index in [2.05, 4.69) is 31.4 Å². The number of aryl methyl sites for hydroxylation is 1. The summed E-state index contributed by atoms with van der Waals surface area (Å²) in [6.07, 6.45) is 4.53. The highest BCUT2D eigenvalue weighted by Gasteiger charge is 2.19. The van der Waals surface area contributed by atoms with E-state index < -0.39 is 0 Å². The minimum absolute atomic E-state index is 0.595. The summed E-state index contributed by atoms with van der Waals surface area (Å²) in [7, 11) is 0. The van der Waals surface area contributed by atoms with Crippen molar-refractivity contribution in [3.8, 4) is 11.5 Å². The number of nitrogens with zero attached hydrogens (tertiary/aromatic N) is 2. The van der Waals surface area contributed by atoms with E-state index in [0.717, 1.165) is 41.4 Å². The van der Waals surface area contributed by atoms with E-state index in [1.165, 1.54) is 12.8 Å². The fourth-order valence-electron chi connectivity index (χ4n) is 1.90. The maximum atomic E-state index is 5.67. The Balaban J connectivity index is 1.54. The van der Waals surface area contributed by atoms with E-state index >= 15 is 0 Å². The van der Waals surface area contributed by atoms with Crippen LogP contribution in [0.4, 0.5) is 0 Å². The average Bonchev–Trinajstić information content (AvgIpc) is 3.13. The van der Waals surface area contributed by atoms with E-state index in [-0.39, 0.29) is 0 Å². The van der Waals surface area contributed by atoms with Crippen molar-refractivity contribution in [1.82, 2.24) is 15.5 Å². The molecule has 0 atom stereocenters. The quantitative estimate of drug-likeness (QED) is 0.830. The van der Waals surface area contributed by atoms with E-state index in [1.807, 2.05) is 24.3 Å². The standard InChI is InChI=1S/C14H16BrN3O/c15-11-5-3-10(4-6-11)14-18-17-13(19-14)2-1-9-16-12-7-8-12/h3-6,12,16H,1-2,7-9H2. The molecule has 0 bridgehead atoms. The monoisotopic (exact) mass is 321 g/mol. The maximum absolute atomic E-state index is 5.67. The summed E-state index contributed by atoms with van der Waals surface area (Å²) in [5, 5.41) is 11.7. The van der Waals surface area contributed by atoms with E-state index in [0.29, 0.717) is 5.89 Å². The van der Waals surface area contributed by atoms with E-state index in [9.17, 15) is 0 Å². The number of hydrogen-bond donors (Lipinski definition) is 1. The van der Waals surface area contributed by atoms with Crippen molar-refractivity contribution in [2.75, 3.05) is 6.54 Å². The summed E-state index contributed by atoms with van der Waals surface area (Å²) in [4.78, 5) is 0. The van der Waals surface area contributed by atoms with Crippen molar-refractivity contribution in [2.24, 2.45) is 0 Å². The Labute approximate surface area is 120 Å². The molecule has 1 N–H and O–H groups in total. The second kappa shape index (κ2) is 5.84. The summed E-state index contributed by atoms with van der Waals surface area (Å²) < 4.78 is 6.71. The lowest BCUT2D eigenvalue weighted by atomic mass is 10.2. The lowest BCUT2D eigenvalue weighted by Crippen LogP contribution is -2.17. The molecule has 1 heterocycles. The van der Waals surface area contributed by atoms with Crippen molar-refractivity contribution in [1.29, 1.82) is 0 Å². The highest BCUT2D eigenvalue weighted by Crippen LogP contribution is 2.21. The molecule has 3 rings (SSSR count). The highest BCUT2D eigenvalue weighted by atomic mass is 79.9. The Morgan fingerprint density at radius 2 is 2.00 bits per heavy atom. The van der Waals surface area contributed by atoms with Crippen LogP contribution in [0.3, 0.4) is 0 Å². The minimum Gasteiger partial charge on any atom is -0.421 e. The van der Waals surface area contributed by atoms with Crippen LogP contribution in [0, 0.1) is 0 Å². The van der Waals surface area contributed by atoms with Gasteiger partial charge < -0.3 is 9.73 Å². The number of rotatable bonds is 6. The number of hydrogen-bond acceptors (Lipinski definition) is 4. The molecule has 5 heteroatoms. The molecule has 1 aliphatic carbocycles. The first-order chi connectivity index (χ1) is 9.31. The zero-order chi connectivity index (χ0) is 13.1. The third-order valence-electron chi connectivity index (χ3n) is 3.14. The van der Waals surface area contributed by atoms with Gasteiger partial charge in [-0.3, -0.25) is 0 Å². The molecule has 100 valence electrons. The van der Waals surface area contributed by atoms with Gasteiger partial charge >= 0.3 is 0 Å². The molecule has 1 aromatic carbocycles. The molecule has 2 aromatic rings. The fourth-order valence-corrected chi connectivity index (χ4v) is 2.16. The van der Waals surface area contributed by atoms with Crippen LogP contribution in [0.1, 0.15) is 25.2 Å². The lowest BCUT2D eigenvalue weighted by Gasteiger charge is -1.99. The predicted molar refractivity (Wildman–Crippen MR) is 76.8 cm³/mol. The van der Waals surface area contributed by atoms with Gasteiger partial charge in [0.1, 0.15) is 0 Å². The van der Waals surface area contributed by atoms with Crippen LogP contribution in [-0.2, 0) is 6.42 Å². The molecule has 0 amide bonds. The van der Waals surface area contributed by atoms with Crippen molar-refractivity contribution in [2.45, 2.75) is 31.7 Å². The molecule has 19 heavy (non-hydrogen) atoms. The number of benzene rings is 1. The lowest BCUT2D eigenvalue weighted by molar-refractivity contribution is 0.491. The third-order valence-corrected chi connectivity index (χ3v) is 3.66. The number of halogens is 1. The summed E-state index contributed by atoms with van der Waals surface area (Å²) in [5.41, 5.74) is 0.957. The van der Waals surface area contributed by atoms with Crippen molar-refractivity contribution in [3.63, 3.8) is 0 Å². The van der Waals surface area contributed by atoms with Gasteiger partial charge in [-0.15, -0.1) is 10.2 Å². The Bertz CT molecular complexity index is 534. The van der Waals surface area contributed by atoms with Gasteiger partial charge in [0.2, 0.25) is 11.8 Å². The first kappa shape index (κ1) is 12.8. The maximum Gasteiger partial charge on any atom is 0.247 e. The third kappa shape index (κ3) is 3.64. The first-order valence-electron chi connectivity index (χ1n) is 6.63. The van der Waals surface area contributed by atoms with Crippen molar-refractivity contribution >= 4 is 15.9 Å². The molecular weight excluding hydrogens is 306 g/mol. The summed E-state index contributed by atoms with van der Waals surface area (Å²) in [6, 6.07) is 8.64. The topological polar surface area (TPSA) is 51.0 Å². The van der Waals surface area contributed by atoms with Crippen LogP contribution >= 0.6 is 15.9 Å². The average molecular weight is 322 g/mol. The van der Waals surface area contributed by atoms with Crippen molar-refractivity contribution < 1.29 is 4.42 Å². The molecule has 0 saturated heterocycles. The molecule has 1 saturated carbocycles. The molecule has 1 aromatic heterocycles. The second-order valence-corrected chi connectivity index (χ2v) is 5.76. The summed E-state index contributed by atoms with van der Waals surface area (Å²) >= 11 is 3.41. The van der Waals surface area contributed by atoms with Crippen LogP contribution in [0.2, 0.25) is 0 Å². The first-order valence-corrected chi connectivity index (χ1v) is 7.42. The van der Waals surface area contributed by atoms with Gasteiger partial charge in [-0.05, 0) is 50.1 Å². The van der Waals surface area contributed by atoms with Crippen LogP contribution in [0.15, 0.2) is 33.2 Å². The van der Waals surface area contributed by atoms with Gasteiger partial charge in [-0.1, -0.05) is 15.9 Å². The zero-order valence-corrected chi connectivity index (χ0v) is 12.2. The predicted octanol–water partition coefficient (Wildman–Crippen LogP) is 3.18. The van der Waals surface area contributed by atoms with Crippen LogP contribution < -0.4 is 5.32 Å². The van der Waals surface area contributed by atoms with Crippen LogP contribution in [0.5, 0.6) is 0 Å². The largest absolute Gasteiger partial charge is 0.421 e. The second-order valence-electron chi connectivity index (χ2n) is 4.84. The Kier molecular flexibility index (Phi) is 3.94. The Morgan fingerprint density at radius 3 is 2.74 bits per heavy atom. The van der Waals surface area contributed by atoms with E-state index in [1.54, 1.807) is 0 Å². The van der Waals surface area contributed by atoms with Crippen LogP contribution in [0.25, 0.3) is 11.5 Å². The molecule has 0 spiro atoms. The Morgan fingerprint density at radius 1 is 1.21 bits per heavy atom. The van der Waals surface area contributed by atoms with Crippen LogP contribution in [-0.4, -0.2) is 22.8 Å². The number of aromatic nitrogens is 2.